The van der Waals surface area contributed by atoms with E-state index in [1.807, 2.05) is 61.5 Å². The molecule has 0 unspecified atom stereocenters. The molecule has 3 nitrogen and oxygen atoms in total. The highest BCUT2D eigenvalue weighted by Gasteiger charge is 2.23. The Morgan fingerprint density at radius 1 is 0.967 bits per heavy atom. The van der Waals surface area contributed by atoms with Gasteiger partial charge in [0.1, 0.15) is 22.6 Å². The van der Waals surface area contributed by atoms with Crippen molar-refractivity contribution in [1.29, 1.82) is 5.26 Å². The number of ether oxygens (including phenoxy) is 1. The van der Waals surface area contributed by atoms with Crippen LogP contribution < -0.4 is 4.74 Å². The summed E-state index contributed by atoms with van der Waals surface area (Å²) in [5, 5.41) is 10.9. The number of benzene rings is 3. The Bertz CT molecular complexity index is 1350. The summed E-state index contributed by atoms with van der Waals surface area (Å²) in [5.74, 6) is 1.48. The summed E-state index contributed by atoms with van der Waals surface area (Å²) in [5.41, 5.74) is 6.52. The van der Waals surface area contributed by atoms with Gasteiger partial charge < -0.3 is 4.74 Å². The molecule has 0 amide bonds. The molecule has 2 heterocycles. The van der Waals surface area contributed by atoms with Crippen LogP contribution in [0.25, 0.3) is 27.1 Å². The van der Waals surface area contributed by atoms with Gasteiger partial charge in [-0.2, -0.15) is 5.26 Å². The van der Waals surface area contributed by atoms with Crippen molar-refractivity contribution in [3.05, 3.63) is 100 Å². The van der Waals surface area contributed by atoms with Crippen LogP contribution in [-0.2, 0) is 0 Å². The molecule has 0 bridgehead atoms. The molecule has 0 fully saturated rings. The van der Waals surface area contributed by atoms with E-state index in [0.29, 0.717) is 5.57 Å². The van der Waals surface area contributed by atoms with Gasteiger partial charge in [-0.05, 0) is 44.2 Å². The molecule has 30 heavy (non-hydrogen) atoms. The molecule has 0 atom stereocenters. The predicted molar refractivity (Wildman–Crippen MR) is 123 cm³/mol. The van der Waals surface area contributed by atoms with Crippen LogP contribution in [0.4, 0.5) is 0 Å². The van der Waals surface area contributed by atoms with E-state index in [0.717, 1.165) is 49.0 Å². The molecule has 0 radical (unpaired) electrons. The van der Waals surface area contributed by atoms with Gasteiger partial charge in [0, 0.05) is 16.7 Å². The molecule has 0 N–H and O–H groups in total. The van der Waals surface area contributed by atoms with Crippen molar-refractivity contribution in [2.45, 2.75) is 13.8 Å². The first-order chi connectivity index (χ1) is 14.6. The van der Waals surface area contributed by atoms with Gasteiger partial charge in [-0.3, -0.25) is 0 Å². The zero-order valence-corrected chi connectivity index (χ0v) is 17.5. The zero-order chi connectivity index (χ0) is 20.7. The van der Waals surface area contributed by atoms with Crippen molar-refractivity contribution in [2.24, 2.45) is 0 Å². The van der Waals surface area contributed by atoms with Crippen LogP contribution in [0.1, 0.15) is 27.3 Å². The molecular weight excluding hydrogens is 388 g/mol. The Balaban J connectivity index is 1.76. The fourth-order valence-electron chi connectivity index (χ4n) is 3.57. The third-order valence-corrected chi connectivity index (χ3v) is 6.20. The number of hydrogen-bond donors (Lipinski definition) is 0. The SMILES string of the molecule is Cc1ccc(C2=CC(=C(C#N)c3nc4ccccc4s3)c3cc(C)ccc3O2)cc1. The number of aryl methyl sites for hydroxylation is 2. The number of thiazole rings is 1. The third kappa shape index (κ3) is 3.20. The van der Waals surface area contributed by atoms with E-state index in [1.165, 1.54) is 16.9 Å². The molecule has 0 saturated heterocycles. The second kappa shape index (κ2) is 7.29. The minimum atomic E-state index is 0.566. The fraction of sp³-hybridized carbons (Fsp3) is 0.0769. The van der Waals surface area contributed by atoms with Gasteiger partial charge in [0.2, 0.25) is 0 Å². The lowest BCUT2D eigenvalue weighted by atomic mass is 9.94. The highest BCUT2D eigenvalue weighted by Crippen LogP contribution is 2.42. The molecule has 0 saturated carbocycles. The Morgan fingerprint density at radius 2 is 1.73 bits per heavy atom. The van der Waals surface area contributed by atoms with E-state index in [2.05, 4.69) is 31.2 Å². The van der Waals surface area contributed by atoms with Crippen molar-refractivity contribution in [1.82, 2.24) is 4.98 Å². The smallest absolute Gasteiger partial charge is 0.135 e. The second-order valence-electron chi connectivity index (χ2n) is 7.36. The molecule has 1 aliphatic rings. The number of nitrogens with zero attached hydrogens (tertiary/aromatic N) is 2. The molecular formula is C26H18N2OS. The van der Waals surface area contributed by atoms with Gasteiger partial charge >= 0.3 is 0 Å². The summed E-state index contributed by atoms with van der Waals surface area (Å²) >= 11 is 1.54. The molecule has 4 heteroatoms. The maximum absolute atomic E-state index is 10.1. The molecule has 0 spiro atoms. The van der Waals surface area contributed by atoms with Crippen LogP contribution in [0.5, 0.6) is 5.75 Å². The van der Waals surface area contributed by atoms with Crippen LogP contribution in [0.15, 0.2) is 72.8 Å². The number of para-hydroxylation sites is 1. The minimum Gasteiger partial charge on any atom is -0.456 e. The Morgan fingerprint density at radius 3 is 2.50 bits per heavy atom. The minimum absolute atomic E-state index is 0.566. The fourth-order valence-corrected chi connectivity index (χ4v) is 4.54. The van der Waals surface area contributed by atoms with Gasteiger partial charge in [0.25, 0.3) is 0 Å². The first-order valence-electron chi connectivity index (χ1n) is 9.70. The molecule has 5 rings (SSSR count). The summed E-state index contributed by atoms with van der Waals surface area (Å²) < 4.78 is 7.30. The van der Waals surface area contributed by atoms with Crippen molar-refractivity contribution in [3.63, 3.8) is 0 Å². The van der Waals surface area contributed by atoms with Crippen molar-refractivity contribution in [2.75, 3.05) is 0 Å². The topological polar surface area (TPSA) is 45.9 Å². The highest BCUT2D eigenvalue weighted by atomic mass is 32.1. The molecule has 4 aromatic rings. The first kappa shape index (κ1) is 18.4. The van der Waals surface area contributed by atoms with Gasteiger partial charge in [-0.15, -0.1) is 11.3 Å². The average Bonchev–Trinajstić information content (AvgIpc) is 3.18. The standard InChI is InChI=1S/C26H18N2OS/c1-16-7-10-18(11-8-16)24-14-19(20-13-17(2)9-12-23(20)29-24)21(15-27)26-28-22-5-3-4-6-25(22)30-26/h3-14H,1-2H3. The maximum atomic E-state index is 10.1. The number of nitriles is 1. The monoisotopic (exact) mass is 406 g/mol. The maximum Gasteiger partial charge on any atom is 0.135 e. The molecule has 3 aromatic carbocycles. The van der Waals surface area contributed by atoms with Crippen LogP contribution >= 0.6 is 11.3 Å². The number of fused-ring (bicyclic) bond motifs is 2. The van der Waals surface area contributed by atoms with E-state index in [-0.39, 0.29) is 0 Å². The summed E-state index contributed by atoms with van der Waals surface area (Å²) in [7, 11) is 0. The Labute approximate surface area is 179 Å². The molecule has 144 valence electrons. The molecule has 1 aromatic heterocycles. The van der Waals surface area contributed by atoms with Crippen LogP contribution in [0.3, 0.4) is 0 Å². The first-order valence-corrected chi connectivity index (χ1v) is 10.5. The van der Waals surface area contributed by atoms with Crippen LogP contribution in [0, 0.1) is 25.2 Å². The quantitative estimate of drug-likeness (QED) is 0.345. The van der Waals surface area contributed by atoms with E-state index in [4.69, 9.17) is 9.72 Å². The van der Waals surface area contributed by atoms with Crippen molar-refractivity contribution >= 4 is 38.5 Å². The van der Waals surface area contributed by atoms with Crippen LogP contribution in [0.2, 0.25) is 0 Å². The number of hydrogen-bond acceptors (Lipinski definition) is 4. The lowest BCUT2D eigenvalue weighted by Crippen LogP contribution is -2.05. The van der Waals surface area contributed by atoms with Gasteiger partial charge in [-0.1, -0.05) is 53.6 Å². The third-order valence-electron chi connectivity index (χ3n) is 5.15. The van der Waals surface area contributed by atoms with Crippen LogP contribution in [-0.4, -0.2) is 4.98 Å². The summed E-state index contributed by atoms with van der Waals surface area (Å²) in [6.07, 6.45) is 1.97. The number of rotatable bonds is 2. The van der Waals surface area contributed by atoms with E-state index in [9.17, 15) is 5.26 Å². The zero-order valence-electron chi connectivity index (χ0n) is 16.6. The second-order valence-corrected chi connectivity index (χ2v) is 8.39. The lowest BCUT2D eigenvalue weighted by molar-refractivity contribution is 0.509. The molecule has 1 aliphatic heterocycles. The summed E-state index contributed by atoms with van der Waals surface area (Å²) in [6.45, 7) is 4.10. The number of allylic oxidation sites excluding steroid dienone is 3. The number of aromatic nitrogens is 1. The van der Waals surface area contributed by atoms with E-state index in [1.54, 1.807) is 0 Å². The normalized spacial score (nSPS) is 14.5. The Kier molecular flexibility index (Phi) is 4.46. The highest BCUT2D eigenvalue weighted by molar-refractivity contribution is 7.19. The predicted octanol–water partition coefficient (Wildman–Crippen LogP) is 6.78. The Hall–Kier alpha value is -3.68. The molecule has 0 aliphatic carbocycles. The summed E-state index contributed by atoms with van der Waals surface area (Å²) in [4.78, 5) is 4.73. The van der Waals surface area contributed by atoms with E-state index >= 15 is 0 Å². The van der Waals surface area contributed by atoms with E-state index < -0.39 is 0 Å². The van der Waals surface area contributed by atoms with Gasteiger partial charge in [-0.25, -0.2) is 4.98 Å². The summed E-state index contributed by atoms with van der Waals surface area (Å²) in [6, 6.07) is 24.7. The van der Waals surface area contributed by atoms with Gasteiger partial charge in [0.15, 0.2) is 0 Å². The van der Waals surface area contributed by atoms with Crippen molar-refractivity contribution in [3.8, 4) is 11.8 Å². The van der Waals surface area contributed by atoms with Gasteiger partial charge in [0.05, 0.1) is 15.8 Å². The average molecular weight is 407 g/mol. The largest absolute Gasteiger partial charge is 0.456 e. The lowest BCUT2D eigenvalue weighted by Gasteiger charge is -2.22. The van der Waals surface area contributed by atoms with Crippen molar-refractivity contribution < 1.29 is 4.74 Å².